The fourth-order valence-corrected chi connectivity index (χ4v) is 1.12. The smallest absolute Gasteiger partial charge is 0.356 e. The van der Waals surface area contributed by atoms with Crippen LogP contribution in [0.3, 0.4) is 0 Å². The number of hydrogen-bond donors (Lipinski definition) is 1. The summed E-state index contributed by atoms with van der Waals surface area (Å²) >= 11 is 0. The monoisotopic (exact) mass is 169 g/mol. The van der Waals surface area contributed by atoms with Gasteiger partial charge in [-0.05, 0) is 12.8 Å². The molecule has 1 aromatic rings. The highest BCUT2D eigenvalue weighted by Gasteiger charge is 2.37. The van der Waals surface area contributed by atoms with Crippen LogP contribution in [0.25, 0.3) is 0 Å². The Hall–Kier alpha value is -1.59. The van der Waals surface area contributed by atoms with Crippen molar-refractivity contribution in [2.24, 2.45) is 0 Å². The lowest BCUT2D eigenvalue weighted by molar-refractivity contribution is -0.384. The zero-order chi connectivity index (χ0) is 8.72. The van der Waals surface area contributed by atoms with Crippen LogP contribution in [0.15, 0.2) is 4.52 Å². The molecule has 1 aliphatic rings. The quantitative estimate of drug-likeness (QED) is 0.527. The number of rotatable bonds is 2. The maximum atomic E-state index is 10.5. The van der Waals surface area contributed by atoms with Crippen LogP contribution in [0.5, 0.6) is 0 Å². The molecular formula is C6H7N3O3. The molecule has 1 saturated carbocycles. The topological polar surface area (TPSA) is 95.2 Å². The van der Waals surface area contributed by atoms with E-state index in [4.69, 9.17) is 5.73 Å². The lowest BCUT2D eigenvalue weighted by atomic mass is 10.2. The van der Waals surface area contributed by atoms with Crippen molar-refractivity contribution < 1.29 is 9.45 Å². The van der Waals surface area contributed by atoms with Crippen molar-refractivity contribution in [3.05, 3.63) is 15.8 Å². The number of aromatic nitrogens is 1. The molecule has 2 N–H and O–H groups in total. The molecule has 0 unspecified atom stereocenters. The fraction of sp³-hybridized carbons (Fsp3) is 0.500. The predicted octanol–water partition coefficient (Wildman–Crippen LogP) is 1.04. The van der Waals surface area contributed by atoms with Crippen molar-refractivity contribution in [2.75, 3.05) is 5.73 Å². The standard InChI is InChI=1S/C6H7N3O3/c7-6-5(9(10)11)4(8-12-6)3-1-2-3/h3H,1-2,7H2. The summed E-state index contributed by atoms with van der Waals surface area (Å²) in [7, 11) is 0. The van der Waals surface area contributed by atoms with Gasteiger partial charge in [-0.25, -0.2) is 0 Å². The Morgan fingerprint density at radius 3 is 2.83 bits per heavy atom. The van der Waals surface area contributed by atoms with Gasteiger partial charge in [0, 0.05) is 5.92 Å². The van der Waals surface area contributed by atoms with Crippen LogP contribution in [-0.4, -0.2) is 10.1 Å². The molecule has 0 spiro atoms. The van der Waals surface area contributed by atoms with Crippen molar-refractivity contribution in [1.82, 2.24) is 5.16 Å². The van der Waals surface area contributed by atoms with E-state index in [1.54, 1.807) is 0 Å². The molecule has 1 aliphatic carbocycles. The van der Waals surface area contributed by atoms with Crippen molar-refractivity contribution in [3.8, 4) is 0 Å². The van der Waals surface area contributed by atoms with Gasteiger partial charge in [-0.15, -0.1) is 0 Å². The molecule has 1 heterocycles. The number of nitro groups is 1. The lowest BCUT2D eigenvalue weighted by Gasteiger charge is -1.88. The first kappa shape index (κ1) is 7.08. The van der Waals surface area contributed by atoms with E-state index in [9.17, 15) is 10.1 Å². The van der Waals surface area contributed by atoms with Gasteiger partial charge in [0.05, 0.1) is 4.92 Å². The van der Waals surface area contributed by atoms with Crippen LogP contribution in [0, 0.1) is 10.1 Å². The van der Waals surface area contributed by atoms with Gasteiger partial charge in [-0.1, -0.05) is 5.16 Å². The molecule has 64 valence electrons. The first-order valence-electron chi connectivity index (χ1n) is 3.59. The second kappa shape index (κ2) is 2.20. The molecule has 0 radical (unpaired) electrons. The van der Waals surface area contributed by atoms with Crippen molar-refractivity contribution in [1.29, 1.82) is 0 Å². The van der Waals surface area contributed by atoms with Crippen LogP contribution >= 0.6 is 0 Å². The van der Waals surface area contributed by atoms with Crippen molar-refractivity contribution in [2.45, 2.75) is 18.8 Å². The molecule has 0 aliphatic heterocycles. The van der Waals surface area contributed by atoms with Gasteiger partial charge in [0.25, 0.3) is 0 Å². The van der Waals surface area contributed by atoms with E-state index in [0.29, 0.717) is 5.69 Å². The molecular weight excluding hydrogens is 162 g/mol. The second-order valence-corrected chi connectivity index (χ2v) is 2.81. The molecule has 0 atom stereocenters. The molecule has 0 saturated heterocycles. The summed E-state index contributed by atoms with van der Waals surface area (Å²) in [5, 5.41) is 14.0. The molecule has 0 bridgehead atoms. The van der Waals surface area contributed by atoms with Crippen LogP contribution in [0.2, 0.25) is 0 Å². The van der Waals surface area contributed by atoms with Crippen molar-refractivity contribution >= 4 is 11.6 Å². The summed E-state index contributed by atoms with van der Waals surface area (Å²) in [4.78, 5) is 9.92. The van der Waals surface area contributed by atoms with Gasteiger partial charge in [0.1, 0.15) is 0 Å². The third kappa shape index (κ3) is 0.919. The van der Waals surface area contributed by atoms with Gasteiger partial charge >= 0.3 is 11.6 Å². The minimum atomic E-state index is -0.542. The number of nitrogens with two attached hydrogens (primary N) is 1. The normalized spacial score (nSPS) is 16.3. The van der Waals surface area contributed by atoms with E-state index in [2.05, 4.69) is 9.68 Å². The van der Waals surface area contributed by atoms with Crippen LogP contribution in [0.4, 0.5) is 11.6 Å². The van der Waals surface area contributed by atoms with Crippen molar-refractivity contribution in [3.63, 3.8) is 0 Å². The number of anilines is 1. The third-order valence-corrected chi connectivity index (χ3v) is 1.86. The van der Waals surface area contributed by atoms with Gasteiger partial charge in [-0.3, -0.25) is 10.1 Å². The SMILES string of the molecule is Nc1onc(C2CC2)c1[N+](=O)[O-]. The zero-order valence-electron chi connectivity index (χ0n) is 6.19. The highest BCUT2D eigenvalue weighted by Crippen LogP contribution is 2.45. The van der Waals surface area contributed by atoms with E-state index in [-0.39, 0.29) is 17.5 Å². The van der Waals surface area contributed by atoms with Crippen LogP contribution in [0.1, 0.15) is 24.5 Å². The van der Waals surface area contributed by atoms with Gasteiger partial charge in [0.2, 0.25) is 0 Å². The molecule has 6 nitrogen and oxygen atoms in total. The molecule has 1 fully saturated rings. The summed E-state index contributed by atoms with van der Waals surface area (Å²) in [6.07, 6.45) is 1.87. The van der Waals surface area contributed by atoms with Gasteiger partial charge in [0.15, 0.2) is 5.69 Å². The predicted molar refractivity (Wildman–Crippen MR) is 39.5 cm³/mol. The first-order valence-corrected chi connectivity index (χ1v) is 3.59. The summed E-state index contributed by atoms with van der Waals surface area (Å²) < 4.78 is 4.54. The van der Waals surface area contributed by atoms with Crippen LogP contribution in [-0.2, 0) is 0 Å². The lowest BCUT2D eigenvalue weighted by Crippen LogP contribution is -1.94. The largest absolute Gasteiger partial charge is 0.362 e. The van der Waals surface area contributed by atoms with E-state index in [0.717, 1.165) is 12.8 Å². The molecule has 0 aromatic carbocycles. The minimum absolute atomic E-state index is 0.155. The summed E-state index contributed by atoms with van der Waals surface area (Å²) in [5.41, 5.74) is 5.48. The maximum Gasteiger partial charge on any atom is 0.356 e. The minimum Gasteiger partial charge on any atom is -0.362 e. The molecule has 6 heteroatoms. The zero-order valence-corrected chi connectivity index (χ0v) is 6.19. The number of nitrogen functional groups attached to an aromatic ring is 1. The highest BCUT2D eigenvalue weighted by atomic mass is 16.6. The molecule has 2 rings (SSSR count). The first-order chi connectivity index (χ1) is 5.70. The Balaban J connectivity index is 2.46. The Labute approximate surface area is 67.5 Å². The van der Waals surface area contributed by atoms with E-state index in [1.807, 2.05) is 0 Å². The Kier molecular flexibility index (Phi) is 1.30. The maximum absolute atomic E-state index is 10.5. The number of nitrogens with zero attached hydrogens (tertiary/aromatic N) is 2. The second-order valence-electron chi connectivity index (χ2n) is 2.81. The fourth-order valence-electron chi connectivity index (χ4n) is 1.12. The Bertz CT molecular complexity index is 329. The number of hydrogen-bond acceptors (Lipinski definition) is 5. The summed E-state index contributed by atoms with van der Waals surface area (Å²) in [6, 6.07) is 0. The Morgan fingerprint density at radius 2 is 2.33 bits per heavy atom. The summed E-state index contributed by atoms with van der Waals surface area (Å²) in [6.45, 7) is 0. The van der Waals surface area contributed by atoms with Gasteiger partial charge in [-0.2, -0.15) is 0 Å². The highest BCUT2D eigenvalue weighted by molar-refractivity contribution is 5.54. The van der Waals surface area contributed by atoms with E-state index >= 15 is 0 Å². The molecule has 1 aromatic heterocycles. The van der Waals surface area contributed by atoms with E-state index in [1.165, 1.54) is 0 Å². The average molecular weight is 169 g/mol. The average Bonchev–Trinajstić information content (AvgIpc) is 2.75. The van der Waals surface area contributed by atoms with E-state index < -0.39 is 4.92 Å². The van der Waals surface area contributed by atoms with Gasteiger partial charge < -0.3 is 10.3 Å². The molecule has 12 heavy (non-hydrogen) atoms. The third-order valence-electron chi connectivity index (χ3n) is 1.86. The van der Waals surface area contributed by atoms with Crippen LogP contribution < -0.4 is 5.73 Å². The summed E-state index contributed by atoms with van der Waals surface area (Å²) in [5.74, 6) is -0.00616. The Morgan fingerprint density at radius 1 is 1.67 bits per heavy atom. The molecule has 0 amide bonds.